The normalized spacial score (nSPS) is 15.2. The molecule has 1 unspecified atom stereocenters. The Kier molecular flexibility index (Phi) is 7.22. The van der Waals surface area contributed by atoms with Crippen molar-refractivity contribution in [3.8, 4) is 0 Å². The maximum Gasteiger partial charge on any atom is 0.411 e. The molecule has 0 spiro atoms. The number of halogens is 3. The Morgan fingerprint density at radius 3 is 2.06 bits per heavy atom. The van der Waals surface area contributed by atoms with Gasteiger partial charge in [-0.2, -0.15) is 13.2 Å². The van der Waals surface area contributed by atoms with E-state index in [1.54, 1.807) is 0 Å². The molecule has 0 radical (unpaired) electrons. The first-order valence-electron chi connectivity index (χ1n) is 6.41. The van der Waals surface area contributed by atoms with Gasteiger partial charge in [0.15, 0.2) is 0 Å². The molecule has 0 rings (SSSR count). The minimum Gasteiger partial charge on any atom is -0.372 e. The first kappa shape index (κ1) is 17.7. The van der Waals surface area contributed by atoms with Crippen LogP contribution in [0, 0.1) is 11.8 Å². The molecule has 0 aromatic carbocycles. The number of alkyl halides is 3. The van der Waals surface area contributed by atoms with E-state index in [2.05, 4.69) is 44.7 Å². The Hall–Kier alpha value is -0.290. The zero-order valence-corrected chi connectivity index (χ0v) is 12.0. The highest BCUT2D eigenvalue weighted by molar-refractivity contribution is 4.74. The van der Waals surface area contributed by atoms with Gasteiger partial charge in [-0.1, -0.05) is 13.8 Å². The van der Waals surface area contributed by atoms with Crippen molar-refractivity contribution >= 4 is 0 Å². The van der Waals surface area contributed by atoms with Crippen molar-refractivity contribution in [2.45, 2.75) is 52.8 Å². The van der Waals surface area contributed by atoms with Gasteiger partial charge in [0, 0.05) is 12.1 Å². The highest BCUT2D eigenvalue weighted by atomic mass is 19.4. The quantitative estimate of drug-likeness (QED) is 0.713. The van der Waals surface area contributed by atoms with Crippen molar-refractivity contribution in [3.63, 3.8) is 0 Å². The fraction of sp³-hybridized carbons (Fsp3) is 1.00. The van der Waals surface area contributed by atoms with Gasteiger partial charge >= 0.3 is 6.18 Å². The van der Waals surface area contributed by atoms with E-state index in [1.807, 2.05) is 0 Å². The van der Waals surface area contributed by atoms with Crippen LogP contribution in [0.15, 0.2) is 0 Å². The monoisotopic (exact) mass is 269 g/mol. The summed E-state index contributed by atoms with van der Waals surface area (Å²) in [5.41, 5.74) is 0.0277. The summed E-state index contributed by atoms with van der Waals surface area (Å²) in [4.78, 5) is 0. The summed E-state index contributed by atoms with van der Waals surface area (Å²) in [6, 6.07) is 0. The van der Waals surface area contributed by atoms with Gasteiger partial charge in [0.2, 0.25) is 0 Å². The minimum atomic E-state index is -4.23. The fourth-order valence-corrected chi connectivity index (χ4v) is 1.53. The van der Waals surface area contributed by atoms with Crippen LogP contribution in [0.1, 0.15) is 41.0 Å². The van der Waals surface area contributed by atoms with Crippen LogP contribution in [-0.4, -0.2) is 31.5 Å². The standard InChI is InChI=1S/C13H26F3NO/c1-10(2)11(8-17-12(3,4)5)6-7-18-9-13(14,15)16/h10-11,17H,6-9H2,1-5H3. The van der Waals surface area contributed by atoms with Gasteiger partial charge < -0.3 is 10.1 Å². The van der Waals surface area contributed by atoms with Gasteiger partial charge in [-0.15, -0.1) is 0 Å². The fourth-order valence-electron chi connectivity index (χ4n) is 1.53. The smallest absolute Gasteiger partial charge is 0.372 e. The summed E-state index contributed by atoms with van der Waals surface area (Å²) in [7, 11) is 0. The highest BCUT2D eigenvalue weighted by Crippen LogP contribution is 2.18. The molecule has 5 heteroatoms. The van der Waals surface area contributed by atoms with Gasteiger partial charge in [0.25, 0.3) is 0 Å². The van der Waals surface area contributed by atoms with E-state index in [-0.39, 0.29) is 12.1 Å². The van der Waals surface area contributed by atoms with E-state index in [1.165, 1.54) is 0 Å². The molecule has 110 valence electrons. The molecule has 0 bridgehead atoms. The van der Waals surface area contributed by atoms with Crippen molar-refractivity contribution in [1.82, 2.24) is 5.32 Å². The topological polar surface area (TPSA) is 21.3 Å². The summed E-state index contributed by atoms with van der Waals surface area (Å²) in [5.74, 6) is 0.756. The Morgan fingerprint density at radius 2 is 1.67 bits per heavy atom. The van der Waals surface area contributed by atoms with E-state index >= 15 is 0 Å². The molecule has 0 aromatic heterocycles. The van der Waals surface area contributed by atoms with E-state index in [0.717, 1.165) is 6.54 Å². The molecule has 0 aliphatic heterocycles. The van der Waals surface area contributed by atoms with Gasteiger partial charge in [-0.25, -0.2) is 0 Å². The lowest BCUT2D eigenvalue weighted by atomic mass is 9.92. The van der Waals surface area contributed by atoms with E-state index in [0.29, 0.717) is 18.3 Å². The van der Waals surface area contributed by atoms with Crippen LogP contribution in [0.2, 0.25) is 0 Å². The number of hydrogen-bond donors (Lipinski definition) is 1. The SMILES string of the molecule is CC(C)C(CCOCC(F)(F)F)CNC(C)(C)C. The Balaban J connectivity index is 3.92. The number of nitrogens with one attached hydrogen (secondary N) is 1. The summed E-state index contributed by atoms with van der Waals surface area (Å²) >= 11 is 0. The number of hydrogen-bond acceptors (Lipinski definition) is 2. The second kappa shape index (κ2) is 7.34. The zero-order valence-electron chi connectivity index (χ0n) is 12.0. The van der Waals surface area contributed by atoms with Crippen molar-refractivity contribution in [2.24, 2.45) is 11.8 Å². The van der Waals surface area contributed by atoms with Gasteiger partial charge in [-0.05, 0) is 45.6 Å². The van der Waals surface area contributed by atoms with Crippen molar-refractivity contribution < 1.29 is 17.9 Å². The predicted octanol–water partition coefficient (Wildman–Crippen LogP) is 3.62. The molecule has 0 saturated carbocycles. The molecule has 2 nitrogen and oxygen atoms in total. The molecular weight excluding hydrogens is 243 g/mol. The third kappa shape index (κ3) is 10.8. The van der Waals surface area contributed by atoms with E-state index in [9.17, 15) is 13.2 Å². The lowest BCUT2D eigenvalue weighted by Gasteiger charge is -2.27. The van der Waals surface area contributed by atoms with Crippen LogP contribution in [0.5, 0.6) is 0 Å². The second-order valence-corrected chi connectivity index (χ2v) is 6.09. The van der Waals surface area contributed by atoms with Crippen LogP contribution in [0.3, 0.4) is 0 Å². The van der Waals surface area contributed by atoms with Crippen LogP contribution in [0.4, 0.5) is 13.2 Å². The summed E-state index contributed by atoms with van der Waals surface area (Å²) < 4.78 is 40.4. The Bertz CT molecular complexity index is 221. The third-order valence-electron chi connectivity index (χ3n) is 2.74. The maximum absolute atomic E-state index is 11.9. The molecular formula is C13H26F3NO. The molecule has 0 fully saturated rings. The molecule has 1 N–H and O–H groups in total. The third-order valence-corrected chi connectivity index (χ3v) is 2.74. The second-order valence-electron chi connectivity index (χ2n) is 6.09. The minimum absolute atomic E-state index is 0.0277. The molecule has 0 heterocycles. The maximum atomic E-state index is 11.9. The molecule has 0 aliphatic rings. The van der Waals surface area contributed by atoms with Crippen molar-refractivity contribution in [2.75, 3.05) is 19.8 Å². The average Bonchev–Trinajstić information content (AvgIpc) is 2.12. The summed E-state index contributed by atoms with van der Waals surface area (Å²) in [6.45, 7) is 10.2. The number of ether oxygens (including phenoxy) is 1. The Labute approximate surface area is 108 Å². The number of rotatable bonds is 7. The largest absolute Gasteiger partial charge is 0.411 e. The van der Waals surface area contributed by atoms with Gasteiger partial charge in [0.05, 0.1) is 0 Å². The molecule has 0 aromatic rings. The summed E-state index contributed by atoms with van der Waals surface area (Å²) in [6.07, 6.45) is -3.58. The molecule has 1 atom stereocenters. The van der Waals surface area contributed by atoms with Crippen molar-refractivity contribution in [1.29, 1.82) is 0 Å². The molecule has 0 amide bonds. The highest BCUT2D eigenvalue weighted by Gasteiger charge is 2.27. The lowest BCUT2D eigenvalue weighted by molar-refractivity contribution is -0.174. The van der Waals surface area contributed by atoms with Crippen LogP contribution in [-0.2, 0) is 4.74 Å². The van der Waals surface area contributed by atoms with Crippen LogP contribution in [0.25, 0.3) is 0 Å². The molecule has 0 saturated heterocycles. The van der Waals surface area contributed by atoms with Gasteiger partial charge in [-0.3, -0.25) is 0 Å². The van der Waals surface area contributed by atoms with Crippen LogP contribution >= 0.6 is 0 Å². The van der Waals surface area contributed by atoms with Crippen LogP contribution < -0.4 is 5.32 Å². The first-order valence-corrected chi connectivity index (χ1v) is 6.41. The summed E-state index contributed by atoms with van der Waals surface area (Å²) in [5, 5.41) is 3.38. The molecule has 0 aliphatic carbocycles. The lowest BCUT2D eigenvalue weighted by Crippen LogP contribution is -2.40. The van der Waals surface area contributed by atoms with E-state index < -0.39 is 12.8 Å². The first-order chi connectivity index (χ1) is 8.01. The predicted molar refractivity (Wildman–Crippen MR) is 67.6 cm³/mol. The van der Waals surface area contributed by atoms with Crippen molar-refractivity contribution in [3.05, 3.63) is 0 Å². The van der Waals surface area contributed by atoms with Gasteiger partial charge in [0.1, 0.15) is 6.61 Å². The average molecular weight is 269 g/mol. The Morgan fingerprint density at radius 1 is 1.11 bits per heavy atom. The molecule has 18 heavy (non-hydrogen) atoms. The van der Waals surface area contributed by atoms with E-state index in [4.69, 9.17) is 0 Å². The zero-order chi connectivity index (χ0) is 14.4.